The van der Waals surface area contributed by atoms with Gasteiger partial charge < -0.3 is 4.90 Å². The molecule has 0 fully saturated rings. The van der Waals surface area contributed by atoms with Crippen LogP contribution < -0.4 is 16.1 Å². The van der Waals surface area contributed by atoms with Gasteiger partial charge in [0.15, 0.2) is 0 Å². The largest absolute Gasteiger partial charge is 0.471 e. The summed E-state index contributed by atoms with van der Waals surface area (Å²) >= 11 is 0. The Labute approximate surface area is 84.3 Å². The Morgan fingerprint density at radius 1 is 1.47 bits per heavy atom. The number of rotatable bonds is 4. The molecule has 6 nitrogen and oxygen atoms in total. The first-order valence-corrected chi connectivity index (χ1v) is 5.63. The van der Waals surface area contributed by atoms with Gasteiger partial charge in [0.1, 0.15) is 0 Å². The SMILES string of the molecule is CN(CCNP(N)(N)=O)C(=O)C(F)(F)F. The van der Waals surface area contributed by atoms with Gasteiger partial charge in [-0.2, -0.15) is 13.2 Å². The predicted octanol–water partition coefficient (Wildman–Crippen LogP) is -0.378. The molecule has 1 amide bonds. The van der Waals surface area contributed by atoms with E-state index >= 15 is 0 Å². The van der Waals surface area contributed by atoms with Crippen molar-refractivity contribution in [2.45, 2.75) is 6.18 Å². The van der Waals surface area contributed by atoms with Gasteiger partial charge in [-0.05, 0) is 0 Å². The van der Waals surface area contributed by atoms with Crippen LogP contribution in [0.1, 0.15) is 0 Å². The van der Waals surface area contributed by atoms with E-state index < -0.39 is 19.7 Å². The number of hydrogen-bond acceptors (Lipinski definition) is 2. The Morgan fingerprint density at radius 2 is 1.93 bits per heavy atom. The first kappa shape index (κ1) is 14.4. The molecule has 5 N–H and O–H groups in total. The number of carbonyl (C=O) groups is 1. The highest BCUT2D eigenvalue weighted by Gasteiger charge is 2.40. The van der Waals surface area contributed by atoms with E-state index in [1.807, 2.05) is 0 Å². The zero-order chi connectivity index (χ0) is 12.3. The lowest BCUT2D eigenvalue weighted by Gasteiger charge is -2.19. The van der Waals surface area contributed by atoms with E-state index in [4.69, 9.17) is 11.0 Å². The number of likely N-dealkylation sites (N-methyl/N-ethyl adjacent to an activating group) is 1. The van der Waals surface area contributed by atoms with Crippen molar-refractivity contribution in [1.29, 1.82) is 0 Å². The molecule has 0 spiro atoms. The maximum atomic E-state index is 11.8. The summed E-state index contributed by atoms with van der Waals surface area (Å²) in [4.78, 5) is 11.0. The Balaban J connectivity index is 4.01. The van der Waals surface area contributed by atoms with E-state index in [0.717, 1.165) is 7.05 Å². The predicted molar refractivity (Wildman–Crippen MR) is 47.7 cm³/mol. The van der Waals surface area contributed by atoms with Gasteiger partial charge in [-0.25, -0.2) is 5.09 Å². The molecule has 0 radical (unpaired) electrons. The molecule has 0 saturated heterocycles. The molecule has 15 heavy (non-hydrogen) atoms. The van der Waals surface area contributed by atoms with Gasteiger partial charge >= 0.3 is 12.1 Å². The maximum absolute atomic E-state index is 11.8. The molecule has 90 valence electrons. The number of hydrogen-bond donors (Lipinski definition) is 3. The fourth-order valence-corrected chi connectivity index (χ4v) is 1.16. The van der Waals surface area contributed by atoms with Gasteiger partial charge in [0, 0.05) is 20.1 Å². The van der Waals surface area contributed by atoms with Gasteiger partial charge in [-0.3, -0.25) is 20.4 Å². The average Bonchev–Trinajstić information content (AvgIpc) is 1.98. The molecule has 0 rings (SSSR count). The van der Waals surface area contributed by atoms with Crippen LogP contribution in [-0.2, 0) is 9.36 Å². The van der Waals surface area contributed by atoms with E-state index in [2.05, 4.69) is 5.09 Å². The van der Waals surface area contributed by atoms with Crippen molar-refractivity contribution in [2.24, 2.45) is 11.0 Å². The molecular weight excluding hydrogens is 236 g/mol. The number of halogens is 3. The molecule has 0 aliphatic carbocycles. The maximum Gasteiger partial charge on any atom is 0.471 e. The zero-order valence-electron chi connectivity index (χ0n) is 7.91. The lowest BCUT2D eigenvalue weighted by molar-refractivity contribution is -0.183. The number of nitrogens with one attached hydrogen (secondary N) is 1. The van der Waals surface area contributed by atoms with Crippen LogP contribution >= 0.6 is 7.59 Å². The summed E-state index contributed by atoms with van der Waals surface area (Å²) in [5, 5.41) is 2.11. The second kappa shape index (κ2) is 4.93. The second-order valence-corrected chi connectivity index (χ2v) is 4.58. The third kappa shape index (κ3) is 6.45. The van der Waals surface area contributed by atoms with E-state index in [9.17, 15) is 22.5 Å². The Bertz CT molecular complexity index is 276. The van der Waals surface area contributed by atoms with Gasteiger partial charge in [0.25, 0.3) is 7.59 Å². The van der Waals surface area contributed by atoms with Crippen molar-refractivity contribution in [3.05, 3.63) is 0 Å². The molecule has 0 atom stereocenters. The Hall–Kier alpha value is -0.630. The fraction of sp³-hybridized carbons (Fsp3) is 0.800. The topological polar surface area (TPSA) is 101 Å². The molecule has 0 bridgehead atoms. The molecule has 0 saturated carbocycles. The Kier molecular flexibility index (Phi) is 4.72. The van der Waals surface area contributed by atoms with Gasteiger partial charge in [0.2, 0.25) is 0 Å². The molecule has 0 aliphatic heterocycles. The van der Waals surface area contributed by atoms with Crippen molar-refractivity contribution in [2.75, 3.05) is 20.1 Å². The minimum absolute atomic E-state index is 0.178. The van der Waals surface area contributed by atoms with Crippen LogP contribution in [0.15, 0.2) is 0 Å². The fourth-order valence-electron chi connectivity index (χ4n) is 0.710. The molecule has 10 heteroatoms. The summed E-state index contributed by atoms with van der Waals surface area (Å²) in [6.45, 7) is -0.473. The first-order chi connectivity index (χ1) is 6.54. The van der Waals surface area contributed by atoms with Gasteiger partial charge in [-0.15, -0.1) is 0 Å². The van der Waals surface area contributed by atoms with Crippen LogP contribution in [0.2, 0.25) is 0 Å². The van der Waals surface area contributed by atoms with Crippen LogP contribution in [0, 0.1) is 0 Å². The summed E-state index contributed by atoms with van der Waals surface area (Å²) in [7, 11) is -2.49. The molecule has 0 aromatic carbocycles. The van der Waals surface area contributed by atoms with Crippen LogP contribution in [0.4, 0.5) is 13.2 Å². The normalized spacial score (nSPS) is 12.7. The summed E-state index contributed by atoms with van der Waals surface area (Å²) in [6, 6.07) is 0. The Morgan fingerprint density at radius 3 is 2.27 bits per heavy atom. The number of alkyl halides is 3. The smallest absolute Gasteiger partial charge is 0.337 e. The van der Waals surface area contributed by atoms with Gasteiger partial charge in [0.05, 0.1) is 0 Å². The third-order valence-corrected chi connectivity index (χ3v) is 2.11. The van der Waals surface area contributed by atoms with Crippen LogP contribution in [0.25, 0.3) is 0 Å². The van der Waals surface area contributed by atoms with Crippen molar-refractivity contribution < 1.29 is 22.5 Å². The molecule has 0 unspecified atom stereocenters. The third-order valence-electron chi connectivity index (χ3n) is 1.40. The first-order valence-electron chi connectivity index (χ1n) is 3.78. The van der Waals surface area contributed by atoms with E-state index in [-0.39, 0.29) is 13.1 Å². The summed E-state index contributed by atoms with van der Waals surface area (Å²) < 4.78 is 46.2. The van der Waals surface area contributed by atoms with Crippen LogP contribution in [0.5, 0.6) is 0 Å². The van der Waals surface area contributed by atoms with Crippen molar-refractivity contribution >= 4 is 13.5 Å². The lowest BCUT2D eigenvalue weighted by Crippen LogP contribution is -2.41. The molecule has 0 aromatic heterocycles. The van der Waals surface area contributed by atoms with Crippen molar-refractivity contribution in [1.82, 2.24) is 9.99 Å². The highest BCUT2D eigenvalue weighted by molar-refractivity contribution is 7.56. The number of amides is 1. The zero-order valence-corrected chi connectivity index (χ0v) is 8.81. The highest BCUT2D eigenvalue weighted by Crippen LogP contribution is 2.18. The minimum atomic E-state index is -4.91. The minimum Gasteiger partial charge on any atom is -0.337 e. The molecular formula is C5H12F3N4O2P. The summed E-state index contributed by atoms with van der Waals surface area (Å²) in [6.07, 6.45) is -4.91. The number of nitrogens with two attached hydrogens (primary N) is 2. The van der Waals surface area contributed by atoms with E-state index in [0.29, 0.717) is 4.90 Å². The quantitative estimate of drug-likeness (QED) is 0.589. The standard InChI is InChI=1S/C5H12F3N4O2P/c1-12(4(13)5(6,7)8)3-2-11-15(9,10)14/h2-3H2,1H3,(H5,9,10,11,14). The average molecular weight is 248 g/mol. The second-order valence-electron chi connectivity index (χ2n) is 2.84. The monoisotopic (exact) mass is 248 g/mol. The highest BCUT2D eigenvalue weighted by atomic mass is 31.2. The molecule has 0 heterocycles. The number of carbonyl (C=O) groups excluding carboxylic acids is 1. The lowest BCUT2D eigenvalue weighted by atomic mass is 10.5. The summed E-state index contributed by atoms with van der Waals surface area (Å²) in [5.74, 6) is -1.98. The van der Waals surface area contributed by atoms with Crippen LogP contribution in [0.3, 0.4) is 0 Å². The molecule has 0 aliphatic rings. The van der Waals surface area contributed by atoms with Crippen molar-refractivity contribution in [3.63, 3.8) is 0 Å². The van der Waals surface area contributed by atoms with Crippen molar-refractivity contribution in [3.8, 4) is 0 Å². The van der Waals surface area contributed by atoms with Gasteiger partial charge in [-0.1, -0.05) is 0 Å². The van der Waals surface area contributed by atoms with Crippen LogP contribution in [-0.4, -0.2) is 37.1 Å². The summed E-state index contributed by atoms with van der Waals surface area (Å²) in [5.41, 5.74) is 9.76. The molecule has 0 aromatic rings. The van der Waals surface area contributed by atoms with E-state index in [1.165, 1.54) is 0 Å². The van der Waals surface area contributed by atoms with E-state index in [1.54, 1.807) is 0 Å². The number of nitrogens with zero attached hydrogens (tertiary/aromatic N) is 1.